The highest BCUT2D eigenvalue weighted by molar-refractivity contribution is 7.90. The molecule has 1 aromatic rings. The fourth-order valence-electron chi connectivity index (χ4n) is 3.39. The van der Waals surface area contributed by atoms with Gasteiger partial charge in [0, 0.05) is 31.3 Å². The van der Waals surface area contributed by atoms with Gasteiger partial charge >= 0.3 is 6.01 Å². The van der Waals surface area contributed by atoms with Crippen LogP contribution in [0.4, 0.5) is 14.8 Å². The Morgan fingerprint density at radius 2 is 1.88 bits per heavy atom. The van der Waals surface area contributed by atoms with Crippen LogP contribution in [0.3, 0.4) is 0 Å². The van der Waals surface area contributed by atoms with Crippen LogP contribution in [0.1, 0.15) is 64.1 Å². The number of nitrogens with zero attached hydrogens (tertiary/aromatic N) is 2. The van der Waals surface area contributed by atoms with E-state index in [1.807, 2.05) is 0 Å². The minimum atomic E-state index is -3.22. The number of anilines is 1. The van der Waals surface area contributed by atoms with Crippen LogP contribution in [0.15, 0.2) is 4.52 Å². The lowest BCUT2D eigenvalue weighted by Gasteiger charge is -2.32. The highest BCUT2D eigenvalue weighted by Gasteiger charge is 2.48. The maximum absolute atomic E-state index is 12.9. The third-order valence-corrected chi connectivity index (χ3v) is 7.08. The molecule has 26 heavy (non-hydrogen) atoms. The second kappa shape index (κ2) is 7.38. The number of alkyl halides is 2. The summed E-state index contributed by atoms with van der Waals surface area (Å²) in [6, 6.07) is 0.447. The number of hydrogen-bond acceptors (Lipinski definition) is 6. The van der Waals surface area contributed by atoms with Gasteiger partial charge in [-0.3, -0.25) is 0 Å². The van der Waals surface area contributed by atoms with Gasteiger partial charge in [-0.1, -0.05) is 5.16 Å². The lowest BCUT2D eigenvalue weighted by molar-refractivity contribution is -0.0888. The van der Waals surface area contributed by atoms with Gasteiger partial charge in [0.15, 0.2) is 5.82 Å². The summed E-state index contributed by atoms with van der Waals surface area (Å²) < 4.78 is 57.3. The summed E-state index contributed by atoms with van der Waals surface area (Å²) in [7, 11) is -3.22. The van der Waals surface area contributed by atoms with Crippen LogP contribution in [0.2, 0.25) is 0 Å². The van der Waals surface area contributed by atoms with Gasteiger partial charge < -0.3 is 9.84 Å². The third kappa shape index (κ3) is 4.70. The average molecular weight is 392 g/mol. The molecule has 0 aromatic carbocycles. The van der Waals surface area contributed by atoms with E-state index in [9.17, 15) is 17.2 Å². The molecule has 0 aliphatic heterocycles. The molecule has 2 N–H and O–H groups in total. The van der Waals surface area contributed by atoms with Gasteiger partial charge in [-0.05, 0) is 45.4 Å². The molecule has 0 bridgehead atoms. The third-order valence-electron chi connectivity index (χ3n) is 5.27. The molecular formula is C16H26F2N4O3S. The van der Waals surface area contributed by atoms with E-state index in [4.69, 9.17) is 4.52 Å². The topological polar surface area (TPSA) is 97.1 Å². The zero-order valence-corrected chi connectivity index (χ0v) is 15.9. The standard InChI is InChI=1S/C16H26F2N4O3S/c1-10(2)26(23,24)19-9-11-3-5-13(6-4-11)20-15-21-14(22-25-15)12-7-16(17,18)8-12/h10-13,19H,3-9H2,1-2H3,(H,20,21,22). The zero-order valence-electron chi connectivity index (χ0n) is 15.0. The maximum Gasteiger partial charge on any atom is 0.321 e. The molecule has 148 valence electrons. The van der Waals surface area contributed by atoms with E-state index in [1.54, 1.807) is 13.8 Å². The Balaban J connectivity index is 1.41. The number of hydrogen-bond donors (Lipinski definition) is 2. The molecule has 2 fully saturated rings. The molecule has 0 radical (unpaired) electrons. The number of halogens is 2. The second-order valence-corrected chi connectivity index (χ2v) is 10.0. The van der Waals surface area contributed by atoms with Gasteiger partial charge in [-0.2, -0.15) is 4.98 Å². The van der Waals surface area contributed by atoms with E-state index < -0.39 is 21.2 Å². The lowest BCUT2D eigenvalue weighted by Crippen LogP contribution is -2.37. The van der Waals surface area contributed by atoms with Gasteiger partial charge in [-0.15, -0.1) is 0 Å². The van der Waals surface area contributed by atoms with Crippen LogP contribution in [0, 0.1) is 5.92 Å². The van der Waals surface area contributed by atoms with Crippen molar-refractivity contribution in [1.29, 1.82) is 0 Å². The largest absolute Gasteiger partial charge is 0.335 e. The van der Waals surface area contributed by atoms with Gasteiger partial charge in [0.2, 0.25) is 15.9 Å². The van der Waals surface area contributed by atoms with E-state index in [0.717, 1.165) is 25.7 Å². The summed E-state index contributed by atoms with van der Waals surface area (Å²) in [6.45, 7) is 3.78. The van der Waals surface area contributed by atoms with Gasteiger partial charge in [0.1, 0.15) is 0 Å². The molecule has 7 nitrogen and oxygen atoms in total. The molecular weight excluding hydrogens is 366 g/mol. The number of sulfonamides is 1. The van der Waals surface area contributed by atoms with E-state index in [-0.39, 0.29) is 30.8 Å². The monoisotopic (exact) mass is 392 g/mol. The molecule has 2 aliphatic carbocycles. The first kappa shape index (κ1) is 19.5. The molecule has 0 amide bonds. The lowest BCUT2D eigenvalue weighted by atomic mass is 9.81. The first-order valence-corrected chi connectivity index (χ1v) is 10.7. The van der Waals surface area contributed by atoms with Crippen molar-refractivity contribution < 1.29 is 21.7 Å². The molecule has 2 saturated carbocycles. The summed E-state index contributed by atoms with van der Waals surface area (Å²) >= 11 is 0. The Labute approximate surface area is 152 Å². The van der Waals surface area contributed by atoms with Crippen molar-refractivity contribution in [3.8, 4) is 0 Å². The quantitative estimate of drug-likeness (QED) is 0.741. The van der Waals surface area contributed by atoms with Crippen molar-refractivity contribution in [2.45, 2.75) is 75.5 Å². The van der Waals surface area contributed by atoms with Crippen LogP contribution in [-0.4, -0.2) is 42.3 Å². The van der Waals surface area contributed by atoms with Gasteiger partial charge in [0.25, 0.3) is 0 Å². The summed E-state index contributed by atoms with van der Waals surface area (Å²) in [5.41, 5.74) is 0. The average Bonchev–Trinajstić information content (AvgIpc) is 3.00. The molecule has 1 aromatic heterocycles. The summed E-state index contributed by atoms with van der Waals surface area (Å²) in [6.07, 6.45) is 3.09. The molecule has 2 aliphatic rings. The Bertz CT molecular complexity index is 707. The SMILES string of the molecule is CC(C)S(=O)(=O)NCC1CCC(Nc2nc(C3CC(F)(F)C3)no2)CC1. The summed E-state index contributed by atoms with van der Waals surface area (Å²) in [4.78, 5) is 4.19. The van der Waals surface area contributed by atoms with Crippen LogP contribution in [0.25, 0.3) is 0 Å². The molecule has 0 unspecified atom stereocenters. The highest BCUT2D eigenvalue weighted by Crippen LogP contribution is 2.47. The maximum atomic E-state index is 12.9. The predicted molar refractivity (Wildman–Crippen MR) is 92.6 cm³/mol. The highest BCUT2D eigenvalue weighted by atomic mass is 32.2. The Kier molecular flexibility index (Phi) is 5.53. The summed E-state index contributed by atoms with van der Waals surface area (Å²) in [5.74, 6) is -2.27. The van der Waals surface area contributed by atoms with E-state index >= 15 is 0 Å². The number of nitrogens with one attached hydrogen (secondary N) is 2. The van der Waals surface area contributed by atoms with Crippen LogP contribution in [0.5, 0.6) is 0 Å². The Morgan fingerprint density at radius 3 is 2.46 bits per heavy atom. The Morgan fingerprint density at radius 1 is 1.23 bits per heavy atom. The molecule has 1 heterocycles. The van der Waals surface area contributed by atoms with E-state index in [0.29, 0.717) is 18.3 Å². The predicted octanol–water partition coefficient (Wildman–Crippen LogP) is 2.88. The van der Waals surface area contributed by atoms with E-state index in [2.05, 4.69) is 20.2 Å². The first-order valence-electron chi connectivity index (χ1n) is 9.11. The minimum Gasteiger partial charge on any atom is -0.335 e. The van der Waals surface area contributed by atoms with Crippen LogP contribution >= 0.6 is 0 Å². The second-order valence-electron chi connectivity index (χ2n) is 7.72. The molecule has 10 heteroatoms. The van der Waals surface area contributed by atoms with Crippen molar-refractivity contribution in [2.75, 3.05) is 11.9 Å². The normalized spacial score (nSPS) is 26.7. The number of aromatic nitrogens is 2. The van der Waals surface area contributed by atoms with Crippen molar-refractivity contribution in [1.82, 2.24) is 14.9 Å². The van der Waals surface area contributed by atoms with Gasteiger partial charge in [-0.25, -0.2) is 21.9 Å². The fourth-order valence-corrected chi connectivity index (χ4v) is 4.19. The molecule has 3 rings (SSSR count). The van der Waals surface area contributed by atoms with E-state index in [1.165, 1.54) is 0 Å². The fraction of sp³-hybridized carbons (Fsp3) is 0.875. The number of rotatable bonds is 7. The van der Waals surface area contributed by atoms with Crippen LogP contribution < -0.4 is 10.0 Å². The first-order chi connectivity index (χ1) is 12.1. The smallest absolute Gasteiger partial charge is 0.321 e. The van der Waals surface area contributed by atoms with Crippen molar-refractivity contribution >= 4 is 16.0 Å². The Hall–Kier alpha value is -1.29. The van der Waals surface area contributed by atoms with Crippen molar-refractivity contribution in [3.63, 3.8) is 0 Å². The van der Waals surface area contributed by atoms with Crippen LogP contribution in [-0.2, 0) is 10.0 Å². The van der Waals surface area contributed by atoms with Gasteiger partial charge in [0.05, 0.1) is 5.25 Å². The minimum absolute atomic E-state index is 0.170. The summed E-state index contributed by atoms with van der Waals surface area (Å²) in [5, 5.41) is 6.54. The molecule has 0 saturated heterocycles. The van der Waals surface area contributed by atoms with Crippen molar-refractivity contribution in [2.24, 2.45) is 5.92 Å². The van der Waals surface area contributed by atoms with Crippen molar-refractivity contribution in [3.05, 3.63) is 5.82 Å². The molecule has 0 spiro atoms. The zero-order chi connectivity index (χ0) is 18.9. The molecule has 0 atom stereocenters.